The van der Waals surface area contributed by atoms with Gasteiger partial charge in [0, 0.05) is 28.6 Å². The fraction of sp³-hybridized carbons (Fsp3) is 0.231. The normalized spacial score (nSPS) is 12.0. The molecule has 36 heavy (non-hydrogen) atoms. The average molecular weight is 640 g/mol. The molecule has 10 heteroatoms. The average Bonchev–Trinajstić information content (AvgIpc) is 2.86. The van der Waals surface area contributed by atoms with Crippen LogP contribution in [0.3, 0.4) is 0 Å². The van der Waals surface area contributed by atoms with Gasteiger partial charge in [0.2, 0.25) is 21.8 Å². The number of anilines is 1. The molecule has 0 saturated carbocycles. The maximum atomic E-state index is 13.8. The van der Waals surface area contributed by atoms with E-state index < -0.39 is 28.5 Å². The largest absolute Gasteiger partial charge is 0.357 e. The second kappa shape index (κ2) is 12.6. The molecule has 0 aromatic heterocycles. The van der Waals surface area contributed by atoms with E-state index in [0.29, 0.717) is 10.7 Å². The Balaban J connectivity index is 2.00. The highest BCUT2D eigenvalue weighted by Crippen LogP contribution is 2.22. The van der Waals surface area contributed by atoms with Crippen molar-refractivity contribution in [2.24, 2.45) is 0 Å². The Bertz CT molecular complexity index is 1290. The number of carbonyl (C=O) groups is 2. The Morgan fingerprint density at radius 3 is 2.11 bits per heavy atom. The zero-order chi connectivity index (χ0) is 26.3. The monoisotopic (exact) mass is 639 g/mol. The summed E-state index contributed by atoms with van der Waals surface area (Å²) in [7, 11) is -2.27. The van der Waals surface area contributed by atoms with E-state index in [2.05, 4.69) is 27.9 Å². The lowest BCUT2D eigenvalue weighted by atomic mass is 10.0. The predicted octanol–water partition coefficient (Wildman–Crippen LogP) is 4.10. The zero-order valence-electron chi connectivity index (χ0n) is 19.9. The summed E-state index contributed by atoms with van der Waals surface area (Å²) in [6, 6.07) is 22.3. The van der Waals surface area contributed by atoms with Crippen LogP contribution in [-0.4, -0.2) is 51.0 Å². The second-order valence-corrected chi connectivity index (χ2v) is 11.8. The van der Waals surface area contributed by atoms with Crippen molar-refractivity contribution in [1.29, 1.82) is 0 Å². The Hall–Kier alpha value is -2.63. The van der Waals surface area contributed by atoms with Gasteiger partial charge < -0.3 is 10.2 Å². The SMILES string of the molecule is CNC(=O)C(Cc1ccccc1)N(Cc1ccc(Cl)cc1)C(=O)CN(c1ccc(I)cc1)S(C)(=O)=O. The first kappa shape index (κ1) is 27.9. The molecule has 7 nitrogen and oxygen atoms in total. The van der Waals surface area contributed by atoms with Crippen molar-refractivity contribution >= 4 is 61.7 Å². The first-order chi connectivity index (χ1) is 17.1. The molecule has 0 fully saturated rings. The molecule has 190 valence electrons. The van der Waals surface area contributed by atoms with Crippen molar-refractivity contribution in [3.8, 4) is 0 Å². The lowest BCUT2D eigenvalue weighted by Gasteiger charge is -2.33. The van der Waals surface area contributed by atoms with E-state index in [1.807, 2.05) is 30.3 Å². The number of rotatable bonds is 10. The minimum atomic E-state index is -3.78. The summed E-state index contributed by atoms with van der Waals surface area (Å²) in [5.74, 6) is -0.847. The van der Waals surface area contributed by atoms with Crippen LogP contribution in [-0.2, 0) is 32.6 Å². The van der Waals surface area contributed by atoms with Crippen molar-refractivity contribution in [3.63, 3.8) is 0 Å². The summed E-state index contributed by atoms with van der Waals surface area (Å²) in [5, 5.41) is 3.20. The first-order valence-electron chi connectivity index (χ1n) is 11.1. The third-order valence-electron chi connectivity index (χ3n) is 5.58. The van der Waals surface area contributed by atoms with E-state index in [9.17, 15) is 18.0 Å². The summed E-state index contributed by atoms with van der Waals surface area (Å²) in [4.78, 5) is 28.2. The van der Waals surface area contributed by atoms with E-state index in [1.165, 1.54) is 11.9 Å². The van der Waals surface area contributed by atoms with Crippen LogP contribution in [0.15, 0.2) is 78.9 Å². The maximum Gasteiger partial charge on any atom is 0.244 e. The molecule has 2 amide bonds. The van der Waals surface area contributed by atoms with Crippen LogP contribution in [0.2, 0.25) is 5.02 Å². The van der Waals surface area contributed by atoms with Crippen LogP contribution >= 0.6 is 34.2 Å². The smallest absolute Gasteiger partial charge is 0.244 e. The van der Waals surface area contributed by atoms with E-state index in [4.69, 9.17) is 11.6 Å². The summed E-state index contributed by atoms with van der Waals surface area (Å²) in [6.45, 7) is -0.347. The molecule has 0 aliphatic heterocycles. The first-order valence-corrected chi connectivity index (χ1v) is 14.4. The van der Waals surface area contributed by atoms with Crippen LogP contribution in [0.4, 0.5) is 5.69 Å². The van der Waals surface area contributed by atoms with Gasteiger partial charge in [-0.2, -0.15) is 0 Å². The molecule has 0 heterocycles. The minimum Gasteiger partial charge on any atom is -0.357 e. The van der Waals surface area contributed by atoms with Gasteiger partial charge in [0.05, 0.1) is 11.9 Å². The van der Waals surface area contributed by atoms with Crippen LogP contribution < -0.4 is 9.62 Å². The van der Waals surface area contributed by atoms with E-state index in [1.54, 1.807) is 48.5 Å². The third kappa shape index (κ3) is 7.68. The van der Waals surface area contributed by atoms with Gasteiger partial charge in [-0.3, -0.25) is 13.9 Å². The number of nitrogens with one attached hydrogen (secondary N) is 1. The molecule has 0 radical (unpaired) electrons. The highest BCUT2D eigenvalue weighted by Gasteiger charge is 2.32. The van der Waals surface area contributed by atoms with Crippen LogP contribution in [0.5, 0.6) is 0 Å². The molecule has 1 atom stereocenters. The number of nitrogens with zero attached hydrogens (tertiary/aromatic N) is 2. The molecular weight excluding hydrogens is 613 g/mol. The molecule has 3 rings (SSSR count). The second-order valence-electron chi connectivity index (χ2n) is 8.21. The van der Waals surface area contributed by atoms with E-state index in [0.717, 1.165) is 25.3 Å². The van der Waals surface area contributed by atoms with Crippen LogP contribution in [0.1, 0.15) is 11.1 Å². The standard InChI is InChI=1S/C26H27ClIN3O4S/c1-29-26(33)24(16-19-6-4-3-5-7-19)30(17-20-8-10-21(27)11-9-20)25(32)18-31(36(2,34)35)23-14-12-22(28)13-15-23/h3-15,24H,16-18H2,1-2H3,(H,29,33). The number of halogens is 2. The van der Waals surface area contributed by atoms with Gasteiger partial charge in [-0.1, -0.05) is 54.1 Å². The van der Waals surface area contributed by atoms with Gasteiger partial charge in [0.15, 0.2) is 0 Å². The lowest BCUT2D eigenvalue weighted by molar-refractivity contribution is -0.139. The van der Waals surface area contributed by atoms with Gasteiger partial charge in [-0.05, 0) is 70.1 Å². The van der Waals surface area contributed by atoms with Gasteiger partial charge >= 0.3 is 0 Å². The Kier molecular flexibility index (Phi) is 9.75. The Morgan fingerprint density at radius 1 is 0.944 bits per heavy atom. The molecule has 0 bridgehead atoms. The molecule has 0 saturated heterocycles. The number of hydrogen-bond donors (Lipinski definition) is 1. The number of likely N-dealkylation sites (N-methyl/N-ethyl adjacent to an activating group) is 1. The molecule has 3 aromatic rings. The summed E-state index contributed by atoms with van der Waals surface area (Å²) in [6.07, 6.45) is 1.32. The Labute approximate surface area is 230 Å². The molecule has 1 unspecified atom stereocenters. The van der Waals surface area contributed by atoms with Gasteiger partial charge in [0.1, 0.15) is 12.6 Å². The van der Waals surface area contributed by atoms with Gasteiger partial charge in [-0.15, -0.1) is 0 Å². The van der Waals surface area contributed by atoms with Crippen molar-refractivity contribution in [2.75, 3.05) is 24.2 Å². The quantitative estimate of drug-likeness (QED) is 0.339. The number of amides is 2. The van der Waals surface area contributed by atoms with Gasteiger partial charge in [0.25, 0.3) is 0 Å². The van der Waals surface area contributed by atoms with Crippen LogP contribution in [0.25, 0.3) is 0 Å². The minimum absolute atomic E-state index is 0.102. The molecule has 0 aliphatic rings. The number of carbonyl (C=O) groups excluding carboxylic acids is 2. The maximum absolute atomic E-state index is 13.8. The summed E-state index contributed by atoms with van der Waals surface area (Å²) < 4.78 is 27.4. The third-order valence-corrected chi connectivity index (χ3v) is 7.69. The predicted molar refractivity (Wildman–Crippen MR) is 151 cm³/mol. The highest BCUT2D eigenvalue weighted by atomic mass is 127. The molecule has 0 spiro atoms. The van der Waals surface area contributed by atoms with Crippen LogP contribution in [0, 0.1) is 3.57 Å². The van der Waals surface area contributed by atoms with Crippen molar-refractivity contribution in [2.45, 2.75) is 19.0 Å². The van der Waals surface area contributed by atoms with Crippen molar-refractivity contribution < 1.29 is 18.0 Å². The summed E-state index contributed by atoms with van der Waals surface area (Å²) in [5.41, 5.74) is 2.00. The number of benzene rings is 3. The fourth-order valence-electron chi connectivity index (χ4n) is 3.73. The Morgan fingerprint density at radius 2 is 1.56 bits per heavy atom. The molecular formula is C26H27ClIN3O4S. The van der Waals surface area contributed by atoms with Gasteiger partial charge in [-0.25, -0.2) is 8.42 Å². The van der Waals surface area contributed by atoms with Crippen molar-refractivity contribution in [1.82, 2.24) is 10.2 Å². The molecule has 1 N–H and O–H groups in total. The number of sulfonamides is 1. The topological polar surface area (TPSA) is 86.8 Å². The molecule has 3 aromatic carbocycles. The lowest BCUT2D eigenvalue weighted by Crippen LogP contribution is -2.52. The zero-order valence-corrected chi connectivity index (χ0v) is 23.6. The summed E-state index contributed by atoms with van der Waals surface area (Å²) >= 11 is 8.16. The van der Waals surface area contributed by atoms with E-state index >= 15 is 0 Å². The fourth-order valence-corrected chi connectivity index (χ4v) is 5.06. The molecule has 0 aliphatic carbocycles. The van der Waals surface area contributed by atoms with Crippen molar-refractivity contribution in [3.05, 3.63) is 98.6 Å². The van der Waals surface area contributed by atoms with E-state index in [-0.39, 0.29) is 18.9 Å². The number of hydrogen-bond acceptors (Lipinski definition) is 4. The highest BCUT2D eigenvalue weighted by molar-refractivity contribution is 14.1.